The summed E-state index contributed by atoms with van der Waals surface area (Å²) in [6.07, 6.45) is 5.70. The smallest absolute Gasteiger partial charge is 0.312 e. The van der Waals surface area contributed by atoms with Gasteiger partial charge in [0.1, 0.15) is 0 Å². The number of ether oxygens (including phenoxy) is 2. The van der Waals surface area contributed by atoms with E-state index < -0.39 is 0 Å². The molecule has 0 atom stereocenters. The van der Waals surface area contributed by atoms with Gasteiger partial charge in [0, 0.05) is 0 Å². The van der Waals surface area contributed by atoms with Gasteiger partial charge in [-0.1, -0.05) is 6.42 Å². The van der Waals surface area contributed by atoms with Crippen LogP contribution in [0.5, 0.6) is 0 Å². The normalized spacial score (nSPS) is 33.6. The van der Waals surface area contributed by atoms with Gasteiger partial charge in [0.25, 0.3) is 0 Å². The summed E-state index contributed by atoms with van der Waals surface area (Å²) in [7, 11) is 0. The molecule has 4 nitrogen and oxygen atoms in total. The van der Waals surface area contributed by atoms with Gasteiger partial charge in [-0.2, -0.15) is 0 Å². The fourth-order valence-corrected chi connectivity index (χ4v) is 3.65. The lowest BCUT2D eigenvalue weighted by Gasteiger charge is -2.39. The fraction of sp³-hybridized carbons (Fsp3) is 0.867. The Balaban J connectivity index is 2.12. The number of fused-ring (bicyclic) bond motifs is 4. The summed E-state index contributed by atoms with van der Waals surface area (Å²) in [5.74, 6) is -0.122. The predicted molar refractivity (Wildman–Crippen MR) is 70.5 cm³/mol. The van der Waals surface area contributed by atoms with Crippen LogP contribution in [0, 0.1) is 10.8 Å². The van der Waals surface area contributed by atoms with Gasteiger partial charge in [-0.25, -0.2) is 0 Å². The third kappa shape index (κ3) is 2.49. The molecule has 108 valence electrons. The van der Waals surface area contributed by atoms with Gasteiger partial charge in [0.2, 0.25) is 0 Å². The van der Waals surface area contributed by atoms with Crippen molar-refractivity contribution in [1.29, 1.82) is 0 Å². The average Bonchev–Trinajstić information content (AvgIpc) is 2.71. The Bertz CT molecular complexity index is 319. The molecule has 0 radical (unpaired) electrons. The van der Waals surface area contributed by atoms with Crippen molar-refractivity contribution in [3.63, 3.8) is 0 Å². The topological polar surface area (TPSA) is 52.6 Å². The SMILES string of the molecule is CCOC(=O)C12CCCC(C(=O)OCC)(CC1)CC2. The number of hydrogen-bond acceptors (Lipinski definition) is 4. The highest BCUT2D eigenvalue weighted by Gasteiger charge is 2.53. The van der Waals surface area contributed by atoms with Crippen LogP contribution >= 0.6 is 0 Å². The molecule has 0 heterocycles. The van der Waals surface area contributed by atoms with Crippen LogP contribution < -0.4 is 0 Å². The van der Waals surface area contributed by atoms with E-state index in [1.807, 2.05) is 13.8 Å². The van der Waals surface area contributed by atoms with Crippen molar-refractivity contribution in [2.45, 2.75) is 58.8 Å². The highest BCUT2D eigenvalue weighted by molar-refractivity contribution is 5.80. The Kier molecular flexibility index (Phi) is 4.16. The van der Waals surface area contributed by atoms with Gasteiger partial charge in [-0.15, -0.1) is 0 Å². The predicted octanol–water partition coefficient (Wildman–Crippen LogP) is 2.84. The van der Waals surface area contributed by atoms with Crippen LogP contribution in [0.2, 0.25) is 0 Å². The standard InChI is InChI=1S/C15H24O4/c1-3-18-12(16)14-6-5-7-15(10-8-14,11-9-14)13(17)19-4-2/h3-11H2,1-2H3. The molecule has 0 unspecified atom stereocenters. The first-order valence-electron chi connectivity index (χ1n) is 7.43. The maximum absolute atomic E-state index is 12.2. The van der Waals surface area contributed by atoms with Crippen molar-refractivity contribution in [2.24, 2.45) is 10.8 Å². The molecular weight excluding hydrogens is 244 g/mol. The van der Waals surface area contributed by atoms with Crippen LogP contribution in [0.3, 0.4) is 0 Å². The molecule has 0 saturated heterocycles. The molecule has 0 amide bonds. The van der Waals surface area contributed by atoms with Crippen molar-refractivity contribution in [3.05, 3.63) is 0 Å². The Labute approximate surface area is 114 Å². The lowest BCUT2D eigenvalue weighted by atomic mass is 9.65. The van der Waals surface area contributed by atoms with E-state index in [1.165, 1.54) is 0 Å². The quantitative estimate of drug-likeness (QED) is 0.736. The van der Waals surface area contributed by atoms with Gasteiger partial charge in [0.05, 0.1) is 24.0 Å². The lowest BCUT2D eigenvalue weighted by Crippen LogP contribution is -2.41. The molecule has 3 rings (SSSR count). The monoisotopic (exact) mass is 268 g/mol. The first-order chi connectivity index (χ1) is 9.08. The molecule has 3 fully saturated rings. The Morgan fingerprint density at radius 3 is 1.47 bits per heavy atom. The lowest BCUT2D eigenvalue weighted by molar-refractivity contribution is -0.165. The van der Waals surface area contributed by atoms with E-state index in [9.17, 15) is 9.59 Å². The molecule has 2 bridgehead atoms. The minimum absolute atomic E-state index is 0.0608. The van der Waals surface area contributed by atoms with E-state index in [2.05, 4.69) is 0 Å². The minimum Gasteiger partial charge on any atom is -0.466 e. The number of carbonyl (C=O) groups is 2. The van der Waals surface area contributed by atoms with Crippen LogP contribution in [-0.2, 0) is 19.1 Å². The van der Waals surface area contributed by atoms with Crippen molar-refractivity contribution in [3.8, 4) is 0 Å². The first-order valence-corrected chi connectivity index (χ1v) is 7.43. The molecule has 3 aliphatic carbocycles. The summed E-state index contributed by atoms with van der Waals surface area (Å²) in [6.45, 7) is 4.56. The minimum atomic E-state index is -0.331. The van der Waals surface area contributed by atoms with Crippen LogP contribution in [0.15, 0.2) is 0 Å². The van der Waals surface area contributed by atoms with E-state index in [4.69, 9.17) is 9.47 Å². The van der Waals surface area contributed by atoms with Gasteiger partial charge in [-0.3, -0.25) is 9.59 Å². The van der Waals surface area contributed by atoms with E-state index in [-0.39, 0.29) is 22.8 Å². The fourth-order valence-electron chi connectivity index (χ4n) is 3.65. The maximum Gasteiger partial charge on any atom is 0.312 e. The van der Waals surface area contributed by atoms with E-state index in [0.29, 0.717) is 13.2 Å². The van der Waals surface area contributed by atoms with E-state index in [1.54, 1.807) is 0 Å². The van der Waals surface area contributed by atoms with Crippen molar-refractivity contribution in [1.82, 2.24) is 0 Å². The van der Waals surface area contributed by atoms with Gasteiger partial charge in [0.15, 0.2) is 0 Å². The van der Waals surface area contributed by atoms with Crippen LogP contribution in [0.25, 0.3) is 0 Å². The first kappa shape index (κ1) is 14.4. The molecule has 3 aliphatic rings. The second-order valence-corrected chi connectivity index (χ2v) is 5.86. The number of esters is 2. The van der Waals surface area contributed by atoms with Crippen molar-refractivity contribution in [2.75, 3.05) is 13.2 Å². The third-order valence-electron chi connectivity index (χ3n) is 4.89. The summed E-state index contributed by atoms with van der Waals surface area (Å²) in [5, 5.41) is 0. The second-order valence-electron chi connectivity index (χ2n) is 5.86. The summed E-state index contributed by atoms with van der Waals surface area (Å²) in [4.78, 5) is 24.4. The van der Waals surface area contributed by atoms with Gasteiger partial charge >= 0.3 is 11.9 Å². The summed E-state index contributed by atoms with van der Waals surface area (Å²) in [6, 6.07) is 0. The summed E-state index contributed by atoms with van der Waals surface area (Å²) >= 11 is 0. The Hall–Kier alpha value is -1.06. The molecule has 3 saturated carbocycles. The molecule has 0 aliphatic heterocycles. The molecule has 0 aromatic rings. The Morgan fingerprint density at radius 1 is 0.789 bits per heavy atom. The summed E-state index contributed by atoms with van der Waals surface area (Å²) < 4.78 is 10.5. The molecule has 0 aromatic heterocycles. The van der Waals surface area contributed by atoms with Crippen LogP contribution in [0.1, 0.15) is 58.8 Å². The van der Waals surface area contributed by atoms with Gasteiger partial charge in [-0.05, 0) is 52.4 Å². The Morgan fingerprint density at radius 2 is 1.16 bits per heavy atom. The zero-order chi connectivity index (χ0) is 13.9. The zero-order valence-corrected chi connectivity index (χ0v) is 12.0. The van der Waals surface area contributed by atoms with Crippen molar-refractivity contribution >= 4 is 11.9 Å². The highest BCUT2D eigenvalue weighted by Crippen LogP contribution is 2.55. The second kappa shape index (κ2) is 5.51. The van der Waals surface area contributed by atoms with E-state index in [0.717, 1.165) is 44.9 Å². The number of rotatable bonds is 4. The highest BCUT2D eigenvalue weighted by atomic mass is 16.5. The molecular formula is C15H24O4. The molecule has 4 heteroatoms. The van der Waals surface area contributed by atoms with Crippen LogP contribution in [-0.4, -0.2) is 25.2 Å². The number of hydrogen-bond donors (Lipinski definition) is 0. The van der Waals surface area contributed by atoms with Crippen LogP contribution in [0.4, 0.5) is 0 Å². The number of carbonyl (C=O) groups excluding carboxylic acids is 2. The molecule has 19 heavy (non-hydrogen) atoms. The molecule has 0 spiro atoms. The molecule has 0 N–H and O–H groups in total. The molecule has 0 aromatic carbocycles. The van der Waals surface area contributed by atoms with Gasteiger partial charge < -0.3 is 9.47 Å². The third-order valence-corrected chi connectivity index (χ3v) is 4.89. The van der Waals surface area contributed by atoms with Crippen molar-refractivity contribution < 1.29 is 19.1 Å². The maximum atomic E-state index is 12.2. The summed E-state index contributed by atoms with van der Waals surface area (Å²) in [5.41, 5.74) is -0.662. The van der Waals surface area contributed by atoms with E-state index >= 15 is 0 Å². The zero-order valence-electron chi connectivity index (χ0n) is 12.0. The largest absolute Gasteiger partial charge is 0.466 e. The average molecular weight is 268 g/mol.